The molecule has 0 saturated carbocycles. The summed E-state index contributed by atoms with van der Waals surface area (Å²) in [6.45, 7) is 2.09. The van der Waals surface area contributed by atoms with Gasteiger partial charge in [-0.05, 0) is 37.3 Å². The van der Waals surface area contributed by atoms with Crippen LogP contribution in [0.3, 0.4) is 0 Å². The summed E-state index contributed by atoms with van der Waals surface area (Å²) >= 11 is 0. The number of benzene rings is 2. The van der Waals surface area contributed by atoms with Crippen LogP contribution in [0.4, 0.5) is 0 Å². The molecule has 2 aromatic carbocycles. The van der Waals surface area contributed by atoms with Crippen molar-refractivity contribution >= 4 is 5.78 Å². The van der Waals surface area contributed by atoms with E-state index >= 15 is 0 Å². The van der Waals surface area contributed by atoms with Crippen molar-refractivity contribution in [2.24, 2.45) is 5.92 Å². The Hall–Kier alpha value is -1.89. The van der Waals surface area contributed by atoms with Crippen molar-refractivity contribution in [3.63, 3.8) is 0 Å². The number of ketones is 1. The molecule has 96 valence electrons. The van der Waals surface area contributed by atoms with Gasteiger partial charge < -0.3 is 0 Å². The number of rotatable bonds is 2. The molecule has 0 N–H and O–H groups in total. The van der Waals surface area contributed by atoms with E-state index in [1.165, 1.54) is 16.7 Å². The first-order valence-corrected chi connectivity index (χ1v) is 6.92. The van der Waals surface area contributed by atoms with E-state index in [0.29, 0.717) is 5.78 Å². The number of Topliss-reactive ketones (excluding diaryl/α,β-unsaturated/α-hetero) is 1. The summed E-state index contributed by atoms with van der Waals surface area (Å²) in [5.74, 6) is 0.472. The fraction of sp³-hybridized carbons (Fsp3) is 0.278. The Morgan fingerprint density at radius 1 is 1.05 bits per heavy atom. The molecule has 1 aliphatic rings. The Balaban J connectivity index is 1.81. The molecule has 0 aliphatic heterocycles. The predicted molar refractivity (Wildman–Crippen MR) is 77.5 cm³/mol. The van der Waals surface area contributed by atoms with Gasteiger partial charge in [0.05, 0.1) is 0 Å². The van der Waals surface area contributed by atoms with Crippen LogP contribution >= 0.6 is 0 Å². The van der Waals surface area contributed by atoms with E-state index in [2.05, 4.69) is 37.3 Å². The molecule has 0 bridgehead atoms. The van der Waals surface area contributed by atoms with Crippen LogP contribution in [-0.2, 0) is 12.8 Å². The molecular formula is C18H18O. The molecule has 1 nitrogen and oxygen atoms in total. The monoisotopic (exact) mass is 250 g/mol. The first kappa shape index (κ1) is 12.2. The van der Waals surface area contributed by atoms with Crippen LogP contribution in [0.5, 0.6) is 0 Å². The van der Waals surface area contributed by atoms with Crippen LogP contribution in [0, 0.1) is 12.8 Å². The molecular weight excluding hydrogens is 232 g/mol. The van der Waals surface area contributed by atoms with Crippen LogP contribution in [0.15, 0.2) is 48.5 Å². The van der Waals surface area contributed by atoms with Crippen LogP contribution in [0.1, 0.15) is 33.5 Å². The first-order chi connectivity index (χ1) is 9.24. The number of hydrogen-bond donors (Lipinski definition) is 0. The molecule has 0 spiro atoms. The van der Waals surface area contributed by atoms with Gasteiger partial charge in [-0.15, -0.1) is 0 Å². The SMILES string of the molecule is Cc1ccc(CC2CCc3ccccc3C2=O)cc1. The Morgan fingerprint density at radius 3 is 2.58 bits per heavy atom. The minimum Gasteiger partial charge on any atom is -0.294 e. The Morgan fingerprint density at radius 2 is 1.79 bits per heavy atom. The van der Waals surface area contributed by atoms with Gasteiger partial charge in [0.1, 0.15) is 0 Å². The highest BCUT2D eigenvalue weighted by molar-refractivity contribution is 6.00. The van der Waals surface area contributed by atoms with Crippen LogP contribution in [0.2, 0.25) is 0 Å². The highest BCUT2D eigenvalue weighted by Crippen LogP contribution is 2.27. The van der Waals surface area contributed by atoms with Crippen LogP contribution in [-0.4, -0.2) is 5.78 Å². The van der Waals surface area contributed by atoms with Gasteiger partial charge >= 0.3 is 0 Å². The third kappa shape index (κ3) is 2.46. The van der Waals surface area contributed by atoms with E-state index in [9.17, 15) is 4.79 Å². The van der Waals surface area contributed by atoms with Crippen molar-refractivity contribution in [3.8, 4) is 0 Å². The lowest BCUT2D eigenvalue weighted by Gasteiger charge is -2.23. The summed E-state index contributed by atoms with van der Waals surface area (Å²) in [6.07, 6.45) is 2.87. The van der Waals surface area contributed by atoms with E-state index in [1.54, 1.807) is 0 Å². The molecule has 0 amide bonds. The molecule has 0 radical (unpaired) electrons. The van der Waals surface area contributed by atoms with Gasteiger partial charge in [0, 0.05) is 11.5 Å². The summed E-state index contributed by atoms with van der Waals surface area (Å²) in [7, 11) is 0. The predicted octanol–water partition coefficient (Wildman–Crippen LogP) is 3.98. The lowest BCUT2D eigenvalue weighted by Crippen LogP contribution is -2.24. The third-order valence-corrected chi connectivity index (χ3v) is 4.02. The molecule has 1 unspecified atom stereocenters. The Labute approximate surface area is 114 Å². The maximum absolute atomic E-state index is 12.5. The molecule has 1 atom stereocenters. The number of hydrogen-bond acceptors (Lipinski definition) is 1. The first-order valence-electron chi connectivity index (χ1n) is 6.92. The lowest BCUT2D eigenvalue weighted by molar-refractivity contribution is 0.0901. The highest BCUT2D eigenvalue weighted by atomic mass is 16.1. The van der Waals surface area contributed by atoms with Crippen molar-refractivity contribution in [3.05, 3.63) is 70.8 Å². The second-order valence-corrected chi connectivity index (χ2v) is 5.45. The molecule has 1 heteroatoms. The summed E-state index contributed by atoms with van der Waals surface area (Å²) in [6, 6.07) is 16.6. The van der Waals surface area contributed by atoms with E-state index in [0.717, 1.165) is 24.8 Å². The molecule has 3 rings (SSSR count). The largest absolute Gasteiger partial charge is 0.294 e. The minimum absolute atomic E-state index is 0.151. The summed E-state index contributed by atoms with van der Waals surface area (Å²) in [5, 5.41) is 0. The molecule has 1 aliphatic carbocycles. The molecule has 0 fully saturated rings. The van der Waals surface area contributed by atoms with Gasteiger partial charge in [-0.2, -0.15) is 0 Å². The molecule has 2 aromatic rings. The average molecular weight is 250 g/mol. The number of aryl methyl sites for hydroxylation is 2. The van der Waals surface area contributed by atoms with Gasteiger partial charge in [0.15, 0.2) is 5.78 Å². The molecule has 19 heavy (non-hydrogen) atoms. The lowest BCUT2D eigenvalue weighted by atomic mass is 9.80. The van der Waals surface area contributed by atoms with E-state index in [4.69, 9.17) is 0 Å². The Bertz CT molecular complexity index is 595. The second kappa shape index (κ2) is 5.00. The number of carbonyl (C=O) groups is 1. The zero-order valence-corrected chi connectivity index (χ0v) is 11.2. The smallest absolute Gasteiger partial charge is 0.166 e. The highest BCUT2D eigenvalue weighted by Gasteiger charge is 2.26. The quantitative estimate of drug-likeness (QED) is 0.787. The second-order valence-electron chi connectivity index (χ2n) is 5.45. The summed E-state index contributed by atoms with van der Waals surface area (Å²) in [4.78, 5) is 12.5. The van der Waals surface area contributed by atoms with Gasteiger partial charge in [-0.3, -0.25) is 4.79 Å². The minimum atomic E-state index is 0.151. The van der Waals surface area contributed by atoms with E-state index in [-0.39, 0.29) is 5.92 Å². The molecule has 0 saturated heterocycles. The molecule has 0 heterocycles. The fourth-order valence-electron chi connectivity index (χ4n) is 2.86. The zero-order chi connectivity index (χ0) is 13.2. The fourth-order valence-corrected chi connectivity index (χ4v) is 2.86. The number of fused-ring (bicyclic) bond motifs is 1. The van der Waals surface area contributed by atoms with E-state index < -0.39 is 0 Å². The normalized spacial score (nSPS) is 18.2. The molecule has 0 aromatic heterocycles. The van der Waals surface area contributed by atoms with Crippen molar-refractivity contribution in [1.82, 2.24) is 0 Å². The van der Waals surface area contributed by atoms with Gasteiger partial charge in [-0.1, -0.05) is 54.1 Å². The van der Waals surface area contributed by atoms with Gasteiger partial charge in [-0.25, -0.2) is 0 Å². The number of carbonyl (C=O) groups excluding carboxylic acids is 1. The summed E-state index contributed by atoms with van der Waals surface area (Å²) < 4.78 is 0. The van der Waals surface area contributed by atoms with Crippen molar-refractivity contribution in [1.29, 1.82) is 0 Å². The summed E-state index contributed by atoms with van der Waals surface area (Å²) in [5.41, 5.74) is 4.69. The van der Waals surface area contributed by atoms with Crippen molar-refractivity contribution in [2.75, 3.05) is 0 Å². The van der Waals surface area contributed by atoms with Crippen molar-refractivity contribution in [2.45, 2.75) is 26.2 Å². The van der Waals surface area contributed by atoms with Crippen molar-refractivity contribution < 1.29 is 4.79 Å². The maximum Gasteiger partial charge on any atom is 0.166 e. The van der Waals surface area contributed by atoms with Gasteiger partial charge in [0.2, 0.25) is 0 Å². The van der Waals surface area contributed by atoms with E-state index in [1.807, 2.05) is 18.2 Å². The van der Waals surface area contributed by atoms with Gasteiger partial charge in [0.25, 0.3) is 0 Å². The zero-order valence-electron chi connectivity index (χ0n) is 11.2. The standard InChI is InChI=1S/C18H18O/c1-13-6-8-14(9-7-13)12-16-11-10-15-4-2-3-5-17(15)18(16)19/h2-9,16H,10-12H2,1H3. The van der Waals surface area contributed by atoms with Crippen LogP contribution < -0.4 is 0 Å². The topological polar surface area (TPSA) is 17.1 Å². The third-order valence-electron chi connectivity index (χ3n) is 4.02. The Kier molecular flexibility index (Phi) is 3.20. The van der Waals surface area contributed by atoms with Crippen LogP contribution in [0.25, 0.3) is 0 Å². The average Bonchev–Trinajstić information content (AvgIpc) is 2.45. The maximum atomic E-state index is 12.5.